The topological polar surface area (TPSA) is 143 Å². The van der Waals surface area contributed by atoms with Crippen LogP contribution in [0, 0.1) is 71.0 Å². The van der Waals surface area contributed by atoms with Crippen LogP contribution >= 0.6 is 0 Å². The molecule has 0 saturated carbocycles. The standard InChI is InChI=1S/6CN.Co.Ru/c6*1-2;;/q6*-1;+2;+4. The fourth-order valence-electron chi connectivity index (χ4n) is 0. The third-order valence-corrected chi connectivity index (χ3v) is 0. The van der Waals surface area contributed by atoms with Crippen LogP contribution in [0.2, 0.25) is 0 Å². The normalized spacial score (nSPS) is 0.857. The largest absolute Gasteiger partial charge is 4.00 e. The predicted octanol–water partition coefficient (Wildman–Crippen LogP) is 0.573. The van der Waals surface area contributed by atoms with E-state index in [1.54, 1.807) is 0 Å². The molecule has 0 aliphatic heterocycles. The molecule has 0 atom stereocenters. The van der Waals surface area contributed by atoms with Gasteiger partial charge in [-0.3, -0.25) is 0 Å². The monoisotopic (exact) mass is 317 g/mol. The van der Waals surface area contributed by atoms with Crippen molar-refractivity contribution in [3.63, 3.8) is 0 Å². The molecule has 14 heavy (non-hydrogen) atoms. The summed E-state index contributed by atoms with van der Waals surface area (Å²) in [5.41, 5.74) is 0. The minimum atomic E-state index is 0. The minimum Gasteiger partial charge on any atom is -0.512 e. The Kier molecular flexibility index (Phi) is 1920. The number of rotatable bonds is 0. The smallest absolute Gasteiger partial charge is 0.512 e. The Morgan fingerprint density at radius 3 is 0.357 bits per heavy atom. The molecule has 0 bridgehead atoms. The molecule has 0 spiro atoms. The molecule has 8 heteroatoms. The summed E-state index contributed by atoms with van der Waals surface area (Å²) >= 11 is 0. The average molecular weight is 316 g/mol. The predicted molar refractivity (Wildman–Crippen MR) is 29.8 cm³/mol. The van der Waals surface area contributed by atoms with E-state index in [0.29, 0.717) is 0 Å². The summed E-state index contributed by atoms with van der Waals surface area (Å²) in [4.78, 5) is 0. The van der Waals surface area contributed by atoms with Crippen molar-refractivity contribution in [2.24, 2.45) is 0 Å². The van der Waals surface area contributed by atoms with Crippen molar-refractivity contribution in [2.45, 2.75) is 0 Å². The van der Waals surface area contributed by atoms with E-state index in [-0.39, 0.29) is 36.3 Å². The van der Waals surface area contributed by atoms with Gasteiger partial charge in [0.1, 0.15) is 0 Å². The molecule has 0 rings (SSSR count). The Labute approximate surface area is 107 Å². The second-order valence-corrected chi connectivity index (χ2v) is 0. The molecule has 6 nitrogen and oxygen atoms in total. The van der Waals surface area contributed by atoms with Crippen LogP contribution in [0.3, 0.4) is 0 Å². The van der Waals surface area contributed by atoms with Gasteiger partial charge in [-0.05, 0) is 0 Å². The number of hydrogen-bond acceptors (Lipinski definition) is 6. The maximum atomic E-state index is 6.25. The van der Waals surface area contributed by atoms with Crippen LogP contribution in [0.25, 0.3) is 0 Å². The second kappa shape index (κ2) is 301. The third kappa shape index (κ3) is 222. The van der Waals surface area contributed by atoms with Gasteiger partial charge in [0.05, 0.1) is 0 Å². The quantitative estimate of drug-likeness (QED) is 0.472. The molecule has 0 fully saturated rings. The van der Waals surface area contributed by atoms with E-state index >= 15 is 0 Å². The van der Waals surface area contributed by atoms with Crippen LogP contribution in [-0.4, -0.2) is 0 Å². The molecule has 0 aromatic carbocycles. The zero-order valence-corrected chi connectivity index (χ0v) is 9.15. The first-order chi connectivity index (χ1) is 6.00. The number of hydrogen-bond donors (Lipinski definition) is 0. The molecule has 0 aliphatic carbocycles. The fourth-order valence-corrected chi connectivity index (χ4v) is 0. The summed E-state index contributed by atoms with van der Waals surface area (Å²) < 4.78 is 0. The molecule has 0 aliphatic rings. The Morgan fingerprint density at radius 2 is 0.357 bits per heavy atom. The Hall–Kier alpha value is -1.93. The Balaban J connectivity index is -0.00000000500. The van der Waals surface area contributed by atoms with E-state index in [2.05, 4.69) is 0 Å². The summed E-state index contributed by atoms with van der Waals surface area (Å²) in [5.74, 6) is 0. The summed E-state index contributed by atoms with van der Waals surface area (Å²) in [6.07, 6.45) is 0. The van der Waals surface area contributed by atoms with Crippen LogP contribution < -0.4 is 0 Å². The third-order valence-electron chi connectivity index (χ3n) is 0. The van der Waals surface area contributed by atoms with Gasteiger partial charge >= 0.3 is 36.3 Å². The molecule has 0 aromatic rings. The van der Waals surface area contributed by atoms with Gasteiger partial charge in [-0.15, -0.1) is 0 Å². The molecule has 71 valence electrons. The van der Waals surface area contributed by atoms with E-state index in [1.807, 2.05) is 0 Å². The van der Waals surface area contributed by atoms with Crippen LogP contribution in [0.5, 0.6) is 0 Å². The van der Waals surface area contributed by atoms with E-state index in [0.717, 1.165) is 0 Å². The molecule has 0 unspecified atom stereocenters. The first-order valence-corrected chi connectivity index (χ1v) is 1.34. The molecule has 0 aromatic heterocycles. The maximum Gasteiger partial charge on any atom is 4.00 e. The van der Waals surface area contributed by atoms with Crippen LogP contribution in [-0.2, 0) is 36.3 Å². The van der Waals surface area contributed by atoms with E-state index in [4.69, 9.17) is 71.0 Å². The van der Waals surface area contributed by atoms with Gasteiger partial charge in [0.25, 0.3) is 0 Å². The van der Waals surface area contributed by atoms with Gasteiger partial charge < -0.3 is 71.0 Å². The van der Waals surface area contributed by atoms with Crippen molar-refractivity contribution < 1.29 is 36.3 Å². The molecular weight excluding hydrogens is 316 g/mol. The van der Waals surface area contributed by atoms with E-state index in [1.165, 1.54) is 0 Å². The van der Waals surface area contributed by atoms with Gasteiger partial charge in [-0.2, -0.15) is 0 Å². The summed E-state index contributed by atoms with van der Waals surface area (Å²) in [7, 11) is 0. The molecule has 0 amide bonds. The van der Waals surface area contributed by atoms with Gasteiger partial charge in [0, 0.05) is 0 Å². The van der Waals surface area contributed by atoms with Crippen LogP contribution in [0.15, 0.2) is 0 Å². The SMILES string of the molecule is [C-]#N.[C-]#N.[C-]#N.[C-]#N.[C-]#N.[C-]#N.[Co+2].[Ru+4]. The maximum absolute atomic E-state index is 6.25. The van der Waals surface area contributed by atoms with Crippen molar-refractivity contribution in [3.8, 4) is 0 Å². The zero-order chi connectivity index (χ0) is 12.0. The first-order valence-electron chi connectivity index (χ1n) is 1.34. The molecule has 0 heterocycles. The Bertz CT molecular complexity index is 97.3. The first kappa shape index (κ1) is 89.3. The molecule has 1 radical (unpaired) electrons. The second-order valence-electron chi connectivity index (χ2n) is 0. The van der Waals surface area contributed by atoms with Gasteiger partial charge in [0.15, 0.2) is 0 Å². The molecular formula is C6CoN6Ru. The van der Waals surface area contributed by atoms with Crippen molar-refractivity contribution in [1.29, 1.82) is 31.6 Å². The molecule has 0 N–H and O–H groups in total. The van der Waals surface area contributed by atoms with Crippen LogP contribution in [0.4, 0.5) is 0 Å². The van der Waals surface area contributed by atoms with Gasteiger partial charge in [0.2, 0.25) is 0 Å². The van der Waals surface area contributed by atoms with Crippen molar-refractivity contribution in [2.75, 3.05) is 0 Å². The van der Waals surface area contributed by atoms with Gasteiger partial charge in [-0.25, -0.2) is 0 Å². The number of nitrogens with zero attached hydrogens (tertiary/aromatic N) is 6. The summed E-state index contributed by atoms with van der Waals surface area (Å²) in [6.45, 7) is 28.5. The zero-order valence-electron chi connectivity index (χ0n) is 6.37. The van der Waals surface area contributed by atoms with E-state index in [9.17, 15) is 0 Å². The van der Waals surface area contributed by atoms with E-state index < -0.39 is 0 Å². The minimum absolute atomic E-state index is 0. The summed E-state index contributed by atoms with van der Waals surface area (Å²) in [5, 5.41) is 37.5. The fraction of sp³-hybridized carbons (Fsp3) is 0. The van der Waals surface area contributed by atoms with Crippen LogP contribution in [0.1, 0.15) is 0 Å². The average Bonchev–Trinajstić information content (AvgIpc) is 2.33. The van der Waals surface area contributed by atoms with Gasteiger partial charge in [-0.1, -0.05) is 0 Å². The van der Waals surface area contributed by atoms with Crippen molar-refractivity contribution in [1.82, 2.24) is 0 Å². The Morgan fingerprint density at radius 1 is 0.357 bits per heavy atom. The summed E-state index contributed by atoms with van der Waals surface area (Å²) in [6, 6.07) is 0. The molecule has 0 saturated heterocycles. The van der Waals surface area contributed by atoms with Crippen molar-refractivity contribution >= 4 is 0 Å². The van der Waals surface area contributed by atoms with Crippen molar-refractivity contribution in [3.05, 3.63) is 39.4 Å².